The SMILES string of the molecule is CCC(C)(C)OCc1ccc(F)c(C=CC(=O)O)c1. The molecule has 0 amide bonds. The fraction of sp³-hybridized carbons (Fsp3) is 0.400. The Morgan fingerprint density at radius 2 is 2.16 bits per heavy atom. The van der Waals surface area contributed by atoms with Crippen LogP contribution in [0.1, 0.15) is 38.3 Å². The average molecular weight is 266 g/mol. The molecule has 19 heavy (non-hydrogen) atoms. The van der Waals surface area contributed by atoms with E-state index >= 15 is 0 Å². The fourth-order valence-electron chi connectivity index (χ4n) is 1.35. The minimum Gasteiger partial charge on any atom is -0.478 e. The molecule has 0 aromatic heterocycles. The van der Waals surface area contributed by atoms with Crippen molar-refractivity contribution in [2.45, 2.75) is 39.4 Å². The molecule has 0 saturated heterocycles. The summed E-state index contributed by atoms with van der Waals surface area (Å²) < 4.78 is 19.2. The Morgan fingerprint density at radius 1 is 1.47 bits per heavy atom. The van der Waals surface area contributed by atoms with Crippen LogP contribution in [-0.4, -0.2) is 16.7 Å². The molecule has 0 bridgehead atoms. The molecule has 0 spiro atoms. The third-order valence-electron chi connectivity index (χ3n) is 2.95. The van der Waals surface area contributed by atoms with E-state index in [9.17, 15) is 9.18 Å². The van der Waals surface area contributed by atoms with E-state index in [1.54, 1.807) is 12.1 Å². The number of benzene rings is 1. The first-order valence-electron chi connectivity index (χ1n) is 6.17. The number of hydrogen-bond acceptors (Lipinski definition) is 2. The van der Waals surface area contributed by atoms with Crippen molar-refractivity contribution in [3.8, 4) is 0 Å². The zero-order valence-corrected chi connectivity index (χ0v) is 11.4. The van der Waals surface area contributed by atoms with Gasteiger partial charge in [0.2, 0.25) is 0 Å². The zero-order chi connectivity index (χ0) is 14.5. The summed E-state index contributed by atoms with van der Waals surface area (Å²) in [5.74, 6) is -1.55. The predicted molar refractivity (Wildman–Crippen MR) is 72.2 cm³/mol. The Kier molecular flexibility index (Phi) is 5.24. The first kappa shape index (κ1) is 15.4. The van der Waals surface area contributed by atoms with Crippen LogP contribution in [0.15, 0.2) is 24.3 Å². The Labute approximate surface area is 112 Å². The van der Waals surface area contributed by atoms with Crippen LogP contribution in [0.5, 0.6) is 0 Å². The first-order valence-corrected chi connectivity index (χ1v) is 6.17. The van der Waals surface area contributed by atoms with Gasteiger partial charge in [0.1, 0.15) is 5.82 Å². The van der Waals surface area contributed by atoms with E-state index in [1.807, 2.05) is 20.8 Å². The van der Waals surface area contributed by atoms with Crippen LogP contribution in [-0.2, 0) is 16.1 Å². The van der Waals surface area contributed by atoms with Gasteiger partial charge in [0.25, 0.3) is 0 Å². The molecule has 1 aromatic rings. The predicted octanol–water partition coefficient (Wildman–Crippen LogP) is 3.63. The molecule has 0 aliphatic rings. The summed E-state index contributed by atoms with van der Waals surface area (Å²) in [5.41, 5.74) is 0.830. The van der Waals surface area contributed by atoms with Crippen molar-refractivity contribution in [2.75, 3.05) is 0 Å². The van der Waals surface area contributed by atoms with Crippen LogP contribution >= 0.6 is 0 Å². The van der Waals surface area contributed by atoms with Crippen molar-refractivity contribution in [3.63, 3.8) is 0 Å². The lowest BCUT2D eigenvalue weighted by molar-refractivity contribution is -0.131. The molecule has 104 valence electrons. The monoisotopic (exact) mass is 266 g/mol. The van der Waals surface area contributed by atoms with Crippen LogP contribution in [0, 0.1) is 5.82 Å². The van der Waals surface area contributed by atoms with Gasteiger partial charge in [-0.15, -0.1) is 0 Å². The molecule has 4 heteroatoms. The molecule has 0 radical (unpaired) electrons. The molecule has 0 aliphatic heterocycles. The Bertz CT molecular complexity index is 478. The molecule has 0 fully saturated rings. The molecular weight excluding hydrogens is 247 g/mol. The van der Waals surface area contributed by atoms with E-state index in [0.29, 0.717) is 6.61 Å². The minimum atomic E-state index is -1.10. The second-order valence-corrected chi connectivity index (χ2v) is 4.93. The Morgan fingerprint density at radius 3 is 2.74 bits per heavy atom. The number of hydrogen-bond donors (Lipinski definition) is 1. The van der Waals surface area contributed by atoms with Gasteiger partial charge in [-0.1, -0.05) is 13.0 Å². The zero-order valence-electron chi connectivity index (χ0n) is 11.4. The number of ether oxygens (including phenoxy) is 1. The normalized spacial score (nSPS) is 12.0. The quantitative estimate of drug-likeness (QED) is 0.800. The standard InChI is InChI=1S/C15H19FO3/c1-4-15(2,3)19-10-11-5-7-13(16)12(9-11)6-8-14(17)18/h5-9H,4,10H2,1-3H3,(H,17,18). The summed E-state index contributed by atoms with van der Waals surface area (Å²) in [6.07, 6.45) is 3.03. The molecule has 0 aliphatic carbocycles. The lowest BCUT2D eigenvalue weighted by atomic mass is 10.1. The van der Waals surface area contributed by atoms with Gasteiger partial charge in [-0.2, -0.15) is 0 Å². The van der Waals surface area contributed by atoms with Gasteiger partial charge in [-0.25, -0.2) is 9.18 Å². The number of halogens is 1. The van der Waals surface area contributed by atoms with E-state index in [1.165, 1.54) is 12.1 Å². The lowest BCUT2D eigenvalue weighted by Crippen LogP contribution is -2.22. The van der Waals surface area contributed by atoms with Crippen LogP contribution in [0.25, 0.3) is 6.08 Å². The van der Waals surface area contributed by atoms with E-state index in [4.69, 9.17) is 9.84 Å². The second kappa shape index (κ2) is 6.48. The van der Waals surface area contributed by atoms with Gasteiger partial charge in [0, 0.05) is 11.6 Å². The molecule has 3 nitrogen and oxygen atoms in total. The van der Waals surface area contributed by atoms with Crippen LogP contribution in [0.4, 0.5) is 4.39 Å². The van der Waals surface area contributed by atoms with Crippen molar-refractivity contribution in [2.24, 2.45) is 0 Å². The van der Waals surface area contributed by atoms with Crippen LogP contribution in [0.2, 0.25) is 0 Å². The number of carboxylic acid groups (broad SMARTS) is 1. The summed E-state index contributed by atoms with van der Waals surface area (Å²) in [5, 5.41) is 8.54. The molecular formula is C15H19FO3. The van der Waals surface area contributed by atoms with Crippen molar-refractivity contribution in [1.82, 2.24) is 0 Å². The Balaban J connectivity index is 2.82. The third kappa shape index (κ3) is 5.22. The van der Waals surface area contributed by atoms with Crippen molar-refractivity contribution in [3.05, 3.63) is 41.2 Å². The highest BCUT2D eigenvalue weighted by atomic mass is 19.1. The number of aliphatic carboxylic acids is 1. The maximum absolute atomic E-state index is 13.5. The third-order valence-corrected chi connectivity index (χ3v) is 2.95. The smallest absolute Gasteiger partial charge is 0.328 e. The Hall–Kier alpha value is -1.68. The highest BCUT2D eigenvalue weighted by Gasteiger charge is 2.15. The van der Waals surface area contributed by atoms with Crippen LogP contribution < -0.4 is 0 Å². The van der Waals surface area contributed by atoms with Crippen molar-refractivity contribution in [1.29, 1.82) is 0 Å². The molecule has 0 atom stereocenters. The topological polar surface area (TPSA) is 46.5 Å². The number of rotatable bonds is 6. The van der Waals surface area contributed by atoms with Gasteiger partial charge in [-0.05, 0) is 44.0 Å². The van der Waals surface area contributed by atoms with Gasteiger partial charge in [0.15, 0.2) is 0 Å². The van der Waals surface area contributed by atoms with Gasteiger partial charge < -0.3 is 9.84 Å². The van der Waals surface area contributed by atoms with Gasteiger partial charge in [-0.3, -0.25) is 0 Å². The lowest BCUT2D eigenvalue weighted by Gasteiger charge is -2.23. The van der Waals surface area contributed by atoms with E-state index < -0.39 is 11.8 Å². The highest BCUT2D eigenvalue weighted by Crippen LogP contribution is 2.18. The van der Waals surface area contributed by atoms with Crippen LogP contribution in [0.3, 0.4) is 0 Å². The van der Waals surface area contributed by atoms with Crippen molar-refractivity contribution < 1.29 is 19.0 Å². The summed E-state index contributed by atoms with van der Waals surface area (Å²) in [4.78, 5) is 10.4. The maximum Gasteiger partial charge on any atom is 0.328 e. The van der Waals surface area contributed by atoms with E-state index in [2.05, 4.69) is 0 Å². The molecule has 0 heterocycles. The second-order valence-electron chi connectivity index (χ2n) is 4.93. The minimum absolute atomic E-state index is 0.231. The van der Waals surface area contributed by atoms with E-state index in [-0.39, 0.29) is 11.2 Å². The highest BCUT2D eigenvalue weighted by molar-refractivity contribution is 5.85. The van der Waals surface area contributed by atoms with Crippen molar-refractivity contribution >= 4 is 12.0 Å². The molecule has 1 N–H and O–H groups in total. The van der Waals surface area contributed by atoms with Gasteiger partial charge in [0.05, 0.1) is 12.2 Å². The molecule has 1 rings (SSSR count). The van der Waals surface area contributed by atoms with Gasteiger partial charge >= 0.3 is 5.97 Å². The maximum atomic E-state index is 13.5. The first-order chi connectivity index (χ1) is 8.84. The average Bonchev–Trinajstić information content (AvgIpc) is 2.36. The summed E-state index contributed by atoms with van der Waals surface area (Å²) in [6.45, 7) is 6.38. The summed E-state index contributed by atoms with van der Waals surface area (Å²) in [6, 6.07) is 4.55. The summed E-state index contributed by atoms with van der Waals surface area (Å²) >= 11 is 0. The fourth-order valence-corrected chi connectivity index (χ4v) is 1.35. The number of carboxylic acids is 1. The molecule has 1 aromatic carbocycles. The number of carbonyl (C=O) groups is 1. The molecule has 0 unspecified atom stereocenters. The summed E-state index contributed by atoms with van der Waals surface area (Å²) in [7, 11) is 0. The molecule has 0 saturated carbocycles. The largest absolute Gasteiger partial charge is 0.478 e. The van der Waals surface area contributed by atoms with E-state index in [0.717, 1.165) is 18.1 Å².